The van der Waals surface area contributed by atoms with Gasteiger partial charge >= 0.3 is 0 Å². The van der Waals surface area contributed by atoms with Crippen molar-refractivity contribution in [3.05, 3.63) is 80.4 Å². The van der Waals surface area contributed by atoms with Gasteiger partial charge in [-0.25, -0.2) is 9.97 Å². The van der Waals surface area contributed by atoms with Gasteiger partial charge in [0.05, 0.1) is 19.2 Å². The highest BCUT2D eigenvalue weighted by atomic mass is 32.2. The molecule has 0 atom stereocenters. The summed E-state index contributed by atoms with van der Waals surface area (Å²) in [7, 11) is 1.60. The Balaban J connectivity index is 1.62. The number of hydrogen-bond acceptors (Lipinski definition) is 8. The second-order valence-electron chi connectivity index (χ2n) is 6.98. The van der Waals surface area contributed by atoms with Crippen molar-refractivity contribution in [2.75, 3.05) is 7.11 Å². The van der Waals surface area contributed by atoms with E-state index in [0.717, 1.165) is 26.9 Å². The molecule has 0 saturated heterocycles. The fourth-order valence-corrected chi connectivity index (χ4v) is 6.17. The van der Waals surface area contributed by atoms with Gasteiger partial charge in [-0.15, -0.1) is 22.7 Å². The SMILES string of the molecule is COc1ccc(C=O)cc1CSc1nc2c(sc3ncccc32)c(=O)n1Cc1cccs1. The summed E-state index contributed by atoms with van der Waals surface area (Å²) in [5.41, 5.74) is 2.07. The van der Waals surface area contributed by atoms with Crippen LogP contribution in [0.3, 0.4) is 0 Å². The number of thiophene rings is 2. The Hall–Kier alpha value is -3.01. The van der Waals surface area contributed by atoms with Crippen LogP contribution in [0, 0.1) is 0 Å². The summed E-state index contributed by atoms with van der Waals surface area (Å²) in [5, 5.41) is 3.51. The lowest BCUT2D eigenvalue weighted by Gasteiger charge is -2.13. The van der Waals surface area contributed by atoms with Crippen molar-refractivity contribution in [3.63, 3.8) is 0 Å². The van der Waals surface area contributed by atoms with E-state index in [1.165, 1.54) is 23.1 Å². The molecule has 1 aromatic carbocycles. The second-order valence-corrected chi connectivity index (χ2v) is 9.95. The van der Waals surface area contributed by atoms with Crippen LogP contribution < -0.4 is 10.3 Å². The summed E-state index contributed by atoms with van der Waals surface area (Å²) < 4.78 is 7.80. The molecule has 0 radical (unpaired) electrons. The molecule has 4 heterocycles. The van der Waals surface area contributed by atoms with E-state index < -0.39 is 0 Å². The van der Waals surface area contributed by atoms with Gasteiger partial charge in [0, 0.05) is 33.3 Å². The lowest BCUT2D eigenvalue weighted by molar-refractivity contribution is 0.112. The molecule has 0 bridgehead atoms. The molecule has 4 aromatic heterocycles. The van der Waals surface area contributed by atoms with E-state index >= 15 is 0 Å². The Morgan fingerprint density at radius 1 is 1.22 bits per heavy atom. The average molecular weight is 480 g/mol. The summed E-state index contributed by atoms with van der Waals surface area (Å²) in [6.07, 6.45) is 2.54. The smallest absolute Gasteiger partial charge is 0.272 e. The van der Waals surface area contributed by atoms with E-state index in [1.54, 1.807) is 41.3 Å². The molecule has 0 aliphatic rings. The van der Waals surface area contributed by atoms with Crippen molar-refractivity contribution in [1.29, 1.82) is 0 Å². The number of benzene rings is 1. The lowest BCUT2D eigenvalue weighted by atomic mass is 10.1. The number of aldehydes is 1. The molecule has 0 unspecified atom stereocenters. The average Bonchev–Trinajstić information content (AvgIpc) is 3.47. The molecule has 9 heteroatoms. The van der Waals surface area contributed by atoms with Gasteiger partial charge in [0.15, 0.2) is 5.16 Å². The first-order chi connectivity index (χ1) is 15.7. The van der Waals surface area contributed by atoms with Gasteiger partial charge in [0.25, 0.3) is 5.56 Å². The van der Waals surface area contributed by atoms with Gasteiger partial charge in [-0.1, -0.05) is 17.8 Å². The van der Waals surface area contributed by atoms with Gasteiger partial charge < -0.3 is 4.74 Å². The van der Waals surface area contributed by atoms with E-state index in [0.29, 0.717) is 39.0 Å². The normalized spacial score (nSPS) is 11.3. The number of methoxy groups -OCH3 is 1. The van der Waals surface area contributed by atoms with Crippen LogP contribution in [-0.4, -0.2) is 27.9 Å². The molecule has 5 aromatic rings. The van der Waals surface area contributed by atoms with Crippen molar-refractivity contribution in [1.82, 2.24) is 14.5 Å². The highest BCUT2D eigenvalue weighted by molar-refractivity contribution is 7.98. The van der Waals surface area contributed by atoms with E-state index in [2.05, 4.69) is 4.98 Å². The van der Waals surface area contributed by atoms with Crippen LogP contribution in [0.2, 0.25) is 0 Å². The number of fused-ring (bicyclic) bond motifs is 3. The van der Waals surface area contributed by atoms with Crippen LogP contribution in [0.5, 0.6) is 5.75 Å². The molecular weight excluding hydrogens is 462 g/mol. The molecule has 0 aliphatic carbocycles. The standard InChI is InChI=1S/C23H17N3O3S3/c1-29-18-7-6-14(12-27)10-15(18)13-31-23-25-19-17-5-2-8-24-21(17)32-20(19)22(28)26(23)11-16-4-3-9-30-16/h2-10,12H,11,13H2,1H3. The Bertz CT molecular complexity index is 1490. The molecule has 160 valence electrons. The molecule has 0 saturated carbocycles. The van der Waals surface area contributed by atoms with Gasteiger partial charge in [-0.2, -0.15) is 0 Å². The van der Waals surface area contributed by atoms with Crippen molar-refractivity contribution in [2.45, 2.75) is 17.5 Å². The molecule has 0 spiro atoms. The third-order valence-corrected chi connectivity index (χ3v) is 7.99. The maximum absolute atomic E-state index is 13.5. The largest absolute Gasteiger partial charge is 0.496 e. The minimum absolute atomic E-state index is 0.0671. The molecule has 5 rings (SSSR count). The van der Waals surface area contributed by atoms with E-state index in [-0.39, 0.29) is 5.56 Å². The van der Waals surface area contributed by atoms with Crippen LogP contribution in [0.15, 0.2) is 64.0 Å². The topological polar surface area (TPSA) is 74.1 Å². The van der Waals surface area contributed by atoms with Gasteiger partial charge in [-0.3, -0.25) is 14.2 Å². The highest BCUT2D eigenvalue weighted by Gasteiger charge is 2.18. The quantitative estimate of drug-likeness (QED) is 0.181. The number of pyridine rings is 1. The number of nitrogens with zero attached hydrogens (tertiary/aromatic N) is 3. The van der Waals surface area contributed by atoms with Gasteiger partial charge in [0.1, 0.15) is 21.6 Å². The summed E-state index contributed by atoms with van der Waals surface area (Å²) in [6.45, 7) is 0.453. The first-order valence-corrected chi connectivity index (χ1v) is 12.4. The van der Waals surface area contributed by atoms with Crippen LogP contribution in [-0.2, 0) is 12.3 Å². The number of ether oxygens (including phenoxy) is 1. The van der Waals surface area contributed by atoms with E-state index in [1.807, 2.05) is 35.7 Å². The molecule has 32 heavy (non-hydrogen) atoms. The predicted molar refractivity (Wildman–Crippen MR) is 131 cm³/mol. The third-order valence-electron chi connectivity index (χ3n) is 5.01. The van der Waals surface area contributed by atoms with Crippen molar-refractivity contribution < 1.29 is 9.53 Å². The zero-order chi connectivity index (χ0) is 22.1. The van der Waals surface area contributed by atoms with E-state index in [4.69, 9.17) is 9.72 Å². The monoisotopic (exact) mass is 479 g/mol. The Morgan fingerprint density at radius 2 is 2.12 bits per heavy atom. The Labute approximate surface area is 195 Å². The maximum atomic E-state index is 13.5. The molecule has 0 N–H and O–H groups in total. The van der Waals surface area contributed by atoms with Crippen LogP contribution >= 0.6 is 34.4 Å². The molecular formula is C23H17N3O3S3. The minimum Gasteiger partial charge on any atom is -0.496 e. The number of carbonyl (C=O) groups excluding carboxylic acids is 1. The highest BCUT2D eigenvalue weighted by Crippen LogP contribution is 2.33. The molecule has 6 nitrogen and oxygen atoms in total. The summed E-state index contributed by atoms with van der Waals surface area (Å²) in [6, 6.07) is 13.1. The second kappa shape index (κ2) is 8.85. The molecule has 0 fully saturated rings. The number of hydrogen-bond donors (Lipinski definition) is 0. The fourth-order valence-electron chi connectivity index (χ4n) is 3.48. The zero-order valence-corrected chi connectivity index (χ0v) is 19.4. The maximum Gasteiger partial charge on any atom is 0.272 e. The summed E-state index contributed by atoms with van der Waals surface area (Å²) in [4.78, 5) is 35.9. The summed E-state index contributed by atoms with van der Waals surface area (Å²) >= 11 is 4.44. The third kappa shape index (κ3) is 3.83. The molecule has 0 amide bonds. The van der Waals surface area contributed by atoms with Gasteiger partial charge in [-0.05, 0) is 41.8 Å². The van der Waals surface area contributed by atoms with Crippen LogP contribution in [0.1, 0.15) is 20.8 Å². The predicted octanol–water partition coefficient (Wildman–Crippen LogP) is 5.23. The van der Waals surface area contributed by atoms with Crippen molar-refractivity contribution in [2.24, 2.45) is 0 Å². The number of aromatic nitrogens is 3. The van der Waals surface area contributed by atoms with Crippen LogP contribution in [0.25, 0.3) is 20.4 Å². The van der Waals surface area contributed by atoms with Crippen molar-refractivity contribution >= 4 is 61.2 Å². The minimum atomic E-state index is -0.0671. The Kier molecular flexibility index (Phi) is 5.77. The van der Waals surface area contributed by atoms with Crippen molar-refractivity contribution in [3.8, 4) is 5.75 Å². The summed E-state index contributed by atoms with van der Waals surface area (Å²) in [5.74, 6) is 1.20. The molecule has 0 aliphatic heterocycles. The Morgan fingerprint density at radius 3 is 2.91 bits per heavy atom. The lowest BCUT2D eigenvalue weighted by Crippen LogP contribution is -2.22. The first-order valence-electron chi connectivity index (χ1n) is 9.73. The fraction of sp³-hybridized carbons (Fsp3) is 0.130. The number of carbonyl (C=O) groups is 1. The zero-order valence-electron chi connectivity index (χ0n) is 17.0. The van der Waals surface area contributed by atoms with E-state index in [9.17, 15) is 9.59 Å². The van der Waals surface area contributed by atoms with Gasteiger partial charge in [0.2, 0.25) is 0 Å². The first kappa shape index (κ1) is 20.9. The van der Waals surface area contributed by atoms with Crippen LogP contribution in [0.4, 0.5) is 0 Å². The number of thioether (sulfide) groups is 1. The number of rotatable bonds is 7.